The fourth-order valence-electron chi connectivity index (χ4n) is 1.85. The second-order valence-corrected chi connectivity index (χ2v) is 5.82. The van der Waals surface area contributed by atoms with Gasteiger partial charge in [0.2, 0.25) is 10.0 Å². The molecule has 0 spiro atoms. The number of nitrogens with two attached hydrogens (primary N) is 1. The van der Waals surface area contributed by atoms with Crippen LogP contribution in [-0.4, -0.2) is 55.4 Å². The highest BCUT2D eigenvalue weighted by Crippen LogP contribution is 2.17. The van der Waals surface area contributed by atoms with Crippen LogP contribution in [0, 0.1) is 0 Å². The fraction of sp³-hybridized carbons (Fsp3) is 0.875. The number of rotatable bonds is 4. The molecule has 2 atom stereocenters. The first-order valence-electron chi connectivity index (χ1n) is 5.05. The monoisotopic (exact) mass is 251 g/mol. The summed E-state index contributed by atoms with van der Waals surface area (Å²) in [7, 11) is -3.38. The largest absolute Gasteiger partial charge is 0.465 e. The van der Waals surface area contributed by atoms with Gasteiger partial charge >= 0.3 is 6.09 Å². The molecule has 1 amide bonds. The third-order valence-corrected chi connectivity index (χ3v) is 4.02. The molecule has 1 aliphatic heterocycles. The van der Waals surface area contributed by atoms with Gasteiger partial charge in [0, 0.05) is 25.2 Å². The summed E-state index contributed by atoms with van der Waals surface area (Å²) >= 11 is 0. The average Bonchev–Trinajstić information content (AvgIpc) is 2.45. The molecule has 4 N–H and O–H groups in total. The van der Waals surface area contributed by atoms with E-state index in [2.05, 4.69) is 4.72 Å². The van der Waals surface area contributed by atoms with Gasteiger partial charge in [0.1, 0.15) is 0 Å². The Morgan fingerprint density at radius 1 is 1.62 bits per heavy atom. The van der Waals surface area contributed by atoms with Crippen LogP contribution >= 0.6 is 0 Å². The summed E-state index contributed by atoms with van der Waals surface area (Å²) in [6.07, 6.45) is -0.524. The molecule has 0 saturated carbocycles. The summed E-state index contributed by atoms with van der Waals surface area (Å²) in [5.74, 6) is -0.134. The number of hydrogen-bond acceptors (Lipinski definition) is 4. The van der Waals surface area contributed by atoms with E-state index in [1.807, 2.05) is 0 Å². The van der Waals surface area contributed by atoms with Crippen molar-refractivity contribution in [1.82, 2.24) is 9.62 Å². The Morgan fingerprint density at radius 3 is 2.69 bits per heavy atom. The van der Waals surface area contributed by atoms with Gasteiger partial charge in [0.15, 0.2) is 0 Å². The lowest BCUT2D eigenvalue weighted by Crippen LogP contribution is -2.40. The number of nitrogens with zero attached hydrogens (tertiary/aromatic N) is 1. The van der Waals surface area contributed by atoms with Crippen molar-refractivity contribution in [3.05, 3.63) is 0 Å². The third-order valence-electron chi connectivity index (χ3n) is 2.55. The minimum Gasteiger partial charge on any atom is -0.465 e. The zero-order valence-corrected chi connectivity index (χ0v) is 9.90. The van der Waals surface area contributed by atoms with Crippen LogP contribution in [0.15, 0.2) is 0 Å². The predicted molar refractivity (Wildman–Crippen MR) is 58.6 cm³/mol. The molecular weight excluding hydrogens is 234 g/mol. The summed E-state index contributed by atoms with van der Waals surface area (Å²) in [5.41, 5.74) is 5.17. The molecular formula is C8H17N3O4S. The lowest BCUT2D eigenvalue weighted by Gasteiger charge is -2.16. The summed E-state index contributed by atoms with van der Waals surface area (Å²) in [6.45, 7) is 2.01. The highest BCUT2D eigenvalue weighted by Gasteiger charge is 2.34. The van der Waals surface area contributed by atoms with E-state index in [0.717, 1.165) is 0 Å². The Morgan fingerprint density at radius 2 is 2.25 bits per heavy atom. The van der Waals surface area contributed by atoms with Crippen LogP contribution < -0.4 is 10.5 Å². The molecule has 8 heteroatoms. The Balaban J connectivity index is 2.57. The van der Waals surface area contributed by atoms with Gasteiger partial charge < -0.3 is 15.7 Å². The number of sulfonamides is 1. The van der Waals surface area contributed by atoms with Gasteiger partial charge in [0.25, 0.3) is 0 Å². The highest BCUT2D eigenvalue weighted by molar-refractivity contribution is 7.89. The Labute approximate surface area is 94.7 Å². The molecule has 94 valence electrons. The van der Waals surface area contributed by atoms with Gasteiger partial charge in [-0.15, -0.1) is 0 Å². The highest BCUT2D eigenvalue weighted by atomic mass is 32.2. The van der Waals surface area contributed by atoms with E-state index < -0.39 is 16.1 Å². The van der Waals surface area contributed by atoms with E-state index in [1.165, 1.54) is 4.90 Å². The normalized spacial score (nSPS) is 26.0. The molecule has 0 aromatic rings. The Kier molecular flexibility index (Phi) is 4.11. The molecule has 0 unspecified atom stereocenters. The maximum Gasteiger partial charge on any atom is 0.407 e. The van der Waals surface area contributed by atoms with Crippen molar-refractivity contribution < 1.29 is 18.3 Å². The second kappa shape index (κ2) is 4.98. The van der Waals surface area contributed by atoms with Crippen molar-refractivity contribution >= 4 is 16.1 Å². The van der Waals surface area contributed by atoms with Gasteiger partial charge in [-0.05, 0) is 13.3 Å². The first-order chi connectivity index (χ1) is 7.35. The number of carbonyl (C=O) groups is 1. The van der Waals surface area contributed by atoms with Crippen LogP contribution in [0.5, 0.6) is 0 Å². The van der Waals surface area contributed by atoms with Crippen molar-refractivity contribution in [1.29, 1.82) is 0 Å². The first kappa shape index (κ1) is 13.2. The van der Waals surface area contributed by atoms with Crippen molar-refractivity contribution in [2.24, 2.45) is 5.73 Å². The number of hydrogen-bond donors (Lipinski definition) is 3. The minimum absolute atomic E-state index is 0.0558. The zero-order chi connectivity index (χ0) is 12.3. The number of amides is 1. The van der Waals surface area contributed by atoms with Crippen molar-refractivity contribution in [3.8, 4) is 0 Å². The molecule has 7 nitrogen and oxygen atoms in total. The van der Waals surface area contributed by atoms with Crippen LogP contribution in [0.4, 0.5) is 4.79 Å². The van der Waals surface area contributed by atoms with Crippen LogP contribution in [0.25, 0.3) is 0 Å². The maximum atomic E-state index is 11.4. The zero-order valence-electron chi connectivity index (χ0n) is 9.09. The first-order valence-corrected chi connectivity index (χ1v) is 6.70. The van der Waals surface area contributed by atoms with E-state index in [-0.39, 0.29) is 30.9 Å². The van der Waals surface area contributed by atoms with Crippen molar-refractivity contribution in [2.45, 2.75) is 25.4 Å². The lowest BCUT2D eigenvalue weighted by molar-refractivity contribution is 0.143. The molecule has 0 aliphatic carbocycles. The van der Waals surface area contributed by atoms with E-state index in [4.69, 9.17) is 10.8 Å². The third kappa shape index (κ3) is 3.32. The van der Waals surface area contributed by atoms with Crippen LogP contribution in [-0.2, 0) is 10.0 Å². The summed E-state index contributed by atoms with van der Waals surface area (Å²) in [5, 5.41) is 8.83. The molecule has 0 bridgehead atoms. The van der Waals surface area contributed by atoms with Crippen LogP contribution in [0.1, 0.15) is 13.3 Å². The van der Waals surface area contributed by atoms with Gasteiger partial charge in [-0.1, -0.05) is 0 Å². The molecule has 0 radical (unpaired) electrons. The Hall–Kier alpha value is -0.860. The summed E-state index contributed by atoms with van der Waals surface area (Å²) in [4.78, 5) is 12.0. The van der Waals surface area contributed by atoms with E-state index in [0.29, 0.717) is 6.42 Å². The van der Waals surface area contributed by atoms with Gasteiger partial charge in [-0.2, -0.15) is 0 Å². The molecule has 1 heterocycles. The van der Waals surface area contributed by atoms with E-state index in [1.54, 1.807) is 6.92 Å². The van der Waals surface area contributed by atoms with Crippen LogP contribution in [0.2, 0.25) is 0 Å². The van der Waals surface area contributed by atoms with Gasteiger partial charge in [-0.3, -0.25) is 0 Å². The van der Waals surface area contributed by atoms with Crippen LogP contribution in [0.3, 0.4) is 0 Å². The molecule has 16 heavy (non-hydrogen) atoms. The molecule has 1 saturated heterocycles. The Bertz CT molecular complexity index is 356. The molecule has 1 aliphatic rings. The number of carboxylic acid groups (broad SMARTS) is 1. The second-order valence-electron chi connectivity index (χ2n) is 3.94. The van der Waals surface area contributed by atoms with Crippen molar-refractivity contribution in [2.75, 3.05) is 18.8 Å². The summed E-state index contributed by atoms with van der Waals surface area (Å²) < 4.78 is 25.3. The lowest BCUT2D eigenvalue weighted by atomic mass is 10.2. The molecule has 1 rings (SSSR count). The molecule has 0 aromatic heterocycles. The standard InChI is InChI=1S/C8H17N3O4S/c1-6-4-7(5-11(6)8(12)13)10-16(14,15)3-2-9/h6-7,10H,2-5,9H2,1H3,(H,12,13)/t6-,7-/m1/s1. The smallest absolute Gasteiger partial charge is 0.407 e. The van der Waals surface area contributed by atoms with Gasteiger partial charge in [0.05, 0.1) is 5.75 Å². The number of nitrogens with one attached hydrogen (secondary N) is 1. The average molecular weight is 251 g/mol. The maximum absolute atomic E-state index is 11.4. The molecule has 0 aromatic carbocycles. The topological polar surface area (TPSA) is 113 Å². The minimum atomic E-state index is -3.38. The fourth-order valence-corrected chi connectivity index (χ4v) is 2.96. The van der Waals surface area contributed by atoms with Gasteiger partial charge in [-0.25, -0.2) is 17.9 Å². The van der Waals surface area contributed by atoms with E-state index in [9.17, 15) is 13.2 Å². The summed E-state index contributed by atoms with van der Waals surface area (Å²) in [6, 6.07) is -0.509. The SMILES string of the molecule is C[C@@H]1C[C@@H](NS(=O)(=O)CCN)CN1C(=O)O. The van der Waals surface area contributed by atoms with Crippen molar-refractivity contribution in [3.63, 3.8) is 0 Å². The molecule has 1 fully saturated rings. The quantitative estimate of drug-likeness (QED) is 0.593. The van der Waals surface area contributed by atoms with E-state index >= 15 is 0 Å². The number of likely N-dealkylation sites (tertiary alicyclic amines) is 1. The predicted octanol–water partition coefficient (Wildman–Crippen LogP) is -0.995.